The zero-order valence-corrected chi connectivity index (χ0v) is 11.6. The van der Waals surface area contributed by atoms with Gasteiger partial charge in [0.1, 0.15) is 6.54 Å². The molecule has 0 N–H and O–H groups in total. The molecular formula is C11H12F5NO3S. The molecule has 10 heteroatoms. The Labute approximate surface area is 118 Å². The summed E-state index contributed by atoms with van der Waals surface area (Å²) in [5.41, 5.74) is 0. The van der Waals surface area contributed by atoms with Crippen molar-refractivity contribution in [2.24, 2.45) is 0 Å². The highest BCUT2D eigenvalue weighted by Crippen LogP contribution is 2.23. The molecule has 21 heavy (non-hydrogen) atoms. The van der Waals surface area contributed by atoms with Gasteiger partial charge in [-0.1, -0.05) is 0 Å². The third kappa shape index (κ3) is 4.90. The van der Waals surface area contributed by atoms with Crippen molar-refractivity contribution >= 4 is 10.0 Å². The van der Waals surface area contributed by atoms with Gasteiger partial charge in [0.15, 0.2) is 11.6 Å². The Bertz CT molecular complexity index is 588. The number of halogens is 5. The molecule has 0 atom stereocenters. The van der Waals surface area contributed by atoms with Crippen molar-refractivity contribution in [3.05, 3.63) is 29.8 Å². The summed E-state index contributed by atoms with van der Waals surface area (Å²) < 4.78 is 91.9. The van der Waals surface area contributed by atoms with Gasteiger partial charge in [-0.2, -0.15) is 17.5 Å². The summed E-state index contributed by atoms with van der Waals surface area (Å²) in [6, 6.07) is 1.56. The standard InChI is InChI=1S/C11H12F5NO3S/c1-20-5-4-17(7-11(14,15)16)21(18,19)8-2-3-9(12)10(13)6-8/h2-3,6H,4-5,7H2,1H3. The van der Waals surface area contributed by atoms with Crippen molar-refractivity contribution in [2.45, 2.75) is 11.1 Å². The minimum absolute atomic E-state index is 0.100. The molecule has 0 spiro atoms. The third-order valence-corrected chi connectivity index (χ3v) is 4.27. The second-order valence-electron chi connectivity index (χ2n) is 4.02. The van der Waals surface area contributed by atoms with Gasteiger partial charge < -0.3 is 4.74 Å². The molecule has 0 aliphatic rings. The fraction of sp³-hybridized carbons (Fsp3) is 0.455. The number of hydrogen-bond donors (Lipinski definition) is 0. The van der Waals surface area contributed by atoms with Gasteiger partial charge in [0.25, 0.3) is 0 Å². The van der Waals surface area contributed by atoms with Gasteiger partial charge in [-0.05, 0) is 18.2 Å². The first-order chi connectivity index (χ1) is 9.58. The molecule has 1 aromatic rings. The van der Waals surface area contributed by atoms with Gasteiger partial charge in [-0.15, -0.1) is 0 Å². The molecule has 1 aromatic carbocycles. The molecule has 4 nitrogen and oxygen atoms in total. The van der Waals surface area contributed by atoms with Crippen LogP contribution in [0.25, 0.3) is 0 Å². The van der Waals surface area contributed by atoms with E-state index in [1.807, 2.05) is 0 Å². The third-order valence-electron chi connectivity index (χ3n) is 2.43. The summed E-state index contributed by atoms with van der Waals surface area (Å²) in [5.74, 6) is -2.76. The zero-order valence-electron chi connectivity index (χ0n) is 10.8. The Kier molecular flexibility index (Phi) is 5.65. The van der Waals surface area contributed by atoms with Crippen LogP contribution in [-0.2, 0) is 14.8 Å². The van der Waals surface area contributed by atoms with E-state index in [-0.39, 0.29) is 10.9 Å². The van der Waals surface area contributed by atoms with Gasteiger partial charge >= 0.3 is 6.18 Å². The zero-order chi connectivity index (χ0) is 16.3. The van der Waals surface area contributed by atoms with Gasteiger partial charge in [-0.3, -0.25) is 0 Å². The van der Waals surface area contributed by atoms with Crippen molar-refractivity contribution in [1.82, 2.24) is 4.31 Å². The normalized spacial score (nSPS) is 12.9. The van der Waals surface area contributed by atoms with Crippen molar-refractivity contribution in [2.75, 3.05) is 26.8 Å². The number of hydrogen-bond acceptors (Lipinski definition) is 3. The molecule has 0 aromatic heterocycles. The molecule has 0 saturated carbocycles. The van der Waals surface area contributed by atoms with Crippen molar-refractivity contribution in [3.8, 4) is 0 Å². The Hall–Kier alpha value is -1.26. The van der Waals surface area contributed by atoms with E-state index in [2.05, 4.69) is 4.74 Å². The van der Waals surface area contributed by atoms with Crippen LogP contribution in [0.15, 0.2) is 23.1 Å². The van der Waals surface area contributed by atoms with Gasteiger partial charge in [0.2, 0.25) is 10.0 Å². The molecule has 1 rings (SSSR count). The highest BCUT2D eigenvalue weighted by atomic mass is 32.2. The minimum Gasteiger partial charge on any atom is -0.383 e. The summed E-state index contributed by atoms with van der Waals surface area (Å²) in [6.07, 6.45) is -4.78. The molecule has 0 heterocycles. The second-order valence-corrected chi connectivity index (χ2v) is 5.96. The van der Waals surface area contributed by atoms with E-state index >= 15 is 0 Å². The Morgan fingerprint density at radius 2 is 1.81 bits per heavy atom. The van der Waals surface area contributed by atoms with Gasteiger partial charge in [0.05, 0.1) is 11.5 Å². The number of sulfonamides is 1. The van der Waals surface area contributed by atoms with Crippen molar-refractivity contribution in [1.29, 1.82) is 0 Å². The number of benzene rings is 1. The predicted molar refractivity (Wildman–Crippen MR) is 63.0 cm³/mol. The average molecular weight is 333 g/mol. The Morgan fingerprint density at radius 3 is 2.29 bits per heavy atom. The lowest BCUT2D eigenvalue weighted by atomic mass is 10.3. The van der Waals surface area contributed by atoms with Crippen LogP contribution in [0.2, 0.25) is 0 Å². The number of rotatable bonds is 6. The minimum atomic E-state index is -4.78. The van der Waals surface area contributed by atoms with Crippen molar-refractivity contribution < 1.29 is 35.1 Å². The van der Waals surface area contributed by atoms with Crippen LogP contribution in [0.3, 0.4) is 0 Å². The predicted octanol–water partition coefficient (Wildman–Crippen LogP) is 2.16. The largest absolute Gasteiger partial charge is 0.402 e. The highest BCUT2D eigenvalue weighted by molar-refractivity contribution is 7.89. The van der Waals surface area contributed by atoms with Crippen LogP contribution in [0.5, 0.6) is 0 Å². The second kappa shape index (κ2) is 6.67. The molecule has 0 aliphatic carbocycles. The number of ether oxygens (including phenoxy) is 1. The van der Waals surface area contributed by atoms with Gasteiger partial charge in [-0.25, -0.2) is 17.2 Å². The maximum Gasteiger partial charge on any atom is 0.402 e. The molecule has 0 unspecified atom stereocenters. The van der Waals surface area contributed by atoms with Crippen LogP contribution in [0.4, 0.5) is 22.0 Å². The molecule has 0 bridgehead atoms. The van der Waals surface area contributed by atoms with E-state index in [4.69, 9.17) is 0 Å². The first-order valence-corrected chi connectivity index (χ1v) is 7.03. The number of nitrogens with zero attached hydrogens (tertiary/aromatic N) is 1. The van der Waals surface area contributed by atoms with E-state index in [0.29, 0.717) is 18.2 Å². The summed E-state index contributed by atoms with van der Waals surface area (Å²) in [4.78, 5) is -0.762. The SMILES string of the molecule is COCCN(CC(F)(F)F)S(=O)(=O)c1ccc(F)c(F)c1. The summed E-state index contributed by atoms with van der Waals surface area (Å²) in [6.45, 7) is -2.60. The maximum atomic E-state index is 13.1. The topological polar surface area (TPSA) is 46.6 Å². The first kappa shape index (κ1) is 17.8. The molecule has 0 amide bonds. The Balaban J connectivity index is 3.16. The average Bonchev–Trinajstić information content (AvgIpc) is 2.36. The number of methoxy groups -OCH3 is 1. The molecule has 0 fully saturated rings. The van der Waals surface area contributed by atoms with E-state index in [0.717, 1.165) is 0 Å². The first-order valence-electron chi connectivity index (χ1n) is 5.59. The fourth-order valence-corrected chi connectivity index (χ4v) is 2.89. The van der Waals surface area contributed by atoms with Crippen LogP contribution < -0.4 is 0 Å². The lowest BCUT2D eigenvalue weighted by Gasteiger charge is -2.23. The lowest BCUT2D eigenvalue weighted by Crippen LogP contribution is -2.40. The highest BCUT2D eigenvalue weighted by Gasteiger charge is 2.37. The molecule has 120 valence electrons. The van der Waals surface area contributed by atoms with Crippen LogP contribution in [0, 0.1) is 11.6 Å². The van der Waals surface area contributed by atoms with E-state index in [1.165, 1.54) is 7.11 Å². The Morgan fingerprint density at radius 1 is 1.19 bits per heavy atom. The van der Waals surface area contributed by atoms with Gasteiger partial charge in [0, 0.05) is 13.7 Å². The maximum absolute atomic E-state index is 13.1. The van der Waals surface area contributed by atoms with Crippen LogP contribution in [-0.4, -0.2) is 45.7 Å². The fourth-order valence-electron chi connectivity index (χ4n) is 1.46. The van der Waals surface area contributed by atoms with Crippen LogP contribution >= 0.6 is 0 Å². The molecule has 0 aliphatic heterocycles. The smallest absolute Gasteiger partial charge is 0.383 e. The van der Waals surface area contributed by atoms with E-state index in [1.54, 1.807) is 0 Å². The molecular weight excluding hydrogens is 321 g/mol. The lowest BCUT2D eigenvalue weighted by molar-refractivity contribution is -0.136. The monoisotopic (exact) mass is 333 g/mol. The number of alkyl halides is 3. The summed E-state index contributed by atoms with van der Waals surface area (Å²) in [5, 5.41) is 0. The summed E-state index contributed by atoms with van der Waals surface area (Å²) >= 11 is 0. The van der Waals surface area contributed by atoms with E-state index < -0.39 is 45.8 Å². The summed E-state index contributed by atoms with van der Waals surface area (Å²) in [7, 11) is -3.43. The molecule has 0 radical (unpaired) electrons. The van der Waals surface area contributed by atoms with E-state index in [9.17, 15) is 30.4 Å². The van der Waals surface area contributed by atoms with Crippen LogP contribution in [0.1, 0.15) is 0 Å². The quantitative estimate of drug-likeness (QED) is 0.750. The molecule has 0 saturated heterocycles. The van der Waals surface area contributed by atoms with Crippen molar-refractivity contribution in [3.63, 3.8) is 0 Å².